The van der Waals surface area contributed by atoms with Crippen LogP contribution in [0.25, 0.3) is 0 Å². The minimum absolute atomic E-state index is 0.145. The van der Waals surface area contributed by atoms with Crippen molar-refractivity contribution in [1.29, 1.82) is 0 Å². The van der Waals surface area contributed by atoms with E-state index in [1.54, 1.807) is 6.07 Å². The maximum atomic E-state index is 12.4. The second kappa shape index (κ2) is 8.28. The molecule has 0 radical (unpaired) electrons. The highest BCUT2D eigenvalue weighted by atomic mass is 35.5. The maximum Gasteiger partial charge on any atom is 0.248 e. The Balaban J connectivity index is 2.25. The lowest BCUT2D eigenvalue weighted by molar-refractivity contribution is -0.114. The van der Waals surface area contributed by atoms with Gasteiger partial charge < -0.3 is 15.8 Å². The van der Waals surface area contributed by atoms with Crippen molar-refractivity contribution in [2.24, 2.45) is 5.73 Å². The number of nitrogens with zero attached hydrogens (tertiary/aromatic N) is 1. The molecule has 0 unspecified atom stereocenters. The summed E-state index contributed by atoms with van der Waals surface area (Å²) in [4.78, 5) is 23.4. The number of carbonyl (C=O) groups is 2. The summed E-state index contributed by atoms with van der Waals surface area (Å²) in [5, 5.41) is 2.85. The number of rotatable bonds is 7. The molecule has 0 aliphatic rings. The summed E-state index contributed by atoms with van der Waals surface area (Å²) < 4.78 is 30.5. The molecule has 0 spiro atoms. The first-order valence-electron chi connectivity index (χ1n) is 7.63. The molecule has 0 bridgehead atoms. The standard InChI is InChI=1S/C17H18ClN3O5S/c1-26-15-8-5-12(18)9-14(15)21(27(2,24)25)10-16(22)20-13-6-3-11(4-7-13)17(19)23/h3-9H,10H2,1-2H3,(H2,19,23)(H,20,22). The zero-order valence-electron chi connectivity index (χ0n) is 14.6. The van der Waals surface area contributed by atoms with Gasteiger partial charge in [0.2, 0.25) is 21.8 Å². The van der Waals surface area contributed by atoms with Gasteiger partial charge in [-0.25, -0.2) is 8.42 Å². The first kappa shape index (κ1) is 20.5. The van der Waals surface area contributed by atoms with Crippen LogP contribution in [-0.4, -0.2) is 40.1 Å². The maximum absolute atomic E-state index is 12.4. The van der Waals surface area contributed by atoms with E-state index < -0.39 is 28.4 Å². The molecule has 0 aromatic heterocycles. The van der Waals surface area contributed by atoms with Gasteiger partial charge in [-0.2, -0.15) is 0 Å². The van der Waals surface area contributed by atoms with Crippen LogP contribution in [0.1, 0.15) is 10.4 Å². The van der Waals surface area contributed by atoms with Gasteiger partial charge >= 0.3 is 0 Å². The molecule has 0 aliphatic heterocycles. The van der Waals surface area contributed by atoms with Crippen LogP contribution in [0.5, 0.6) is 5.75 Å². The Bertz CT molecular complexity index is 961. The number of primary amides is 1. The number of benzene rings is 2. The van der Waals surface area contributed by atoms with Crippen molar-refractivity contribution >= 4 is 44.8 Å². The lowest BCUT2D eigenvalue weighted by Gasteiger charge is -2.24. The normalized spacial score (nSPS) is 10.9. The molecule has 144 valence electrons. The van der Waals surface area contributed by atoms with Gasteiger partial charge in [0.05, 0.1) is 19.1 Å². The molecule has 27 heavy (non-hydrogen) atoms. The number of anilines is 2. The van der Waals surface area contributed by atoms with E-state index >= 15 is 0 Å². The van der Waals surface area contributed by atoms with Crippen molar-refractivity contribution in [3.8, 4) is 5.75 Å². The molecule has 0 atom stereocenters. The van der Waals surface area contributed by atoms with E-state index in [4.69, 9.17) is 22.1 Å². The van der Waals surface area contributed by atoms with Gasteiger partial charge in [0, 0.05) is 16.3 Å². The monoisotopic (exact) mass is 411 g/mol. The third kappa shape index (κ3) is 5.35. The van der Waals surface area contributed by atoms with Gasteiger partial charge in [0.25, 0.3) is 0 Å². The lowest BCUT2D eigenvalue weighted by atomic mass is 10.2. The number of hydrogen-bond acceptors (Lipinski definition) is 5. The highest BCUT2D eigenvalue weighted by Gasteiger charge is 2.24. The Labute approximate surface area is 161 Å². The van der Waals surface area contributed by atoms with E-state index in [0.717, 1.165) is 10.6 Å². The summed E-state index contributed by atoms with van der Waals surface area (Å²) in [6.07, 6.45) is 0.974. The Morgan fingerprint density at radius 2 is 1.81 bits per heavy atom. The summed E-state index contributed by atoms with van der Waals surface area (Å²) in [5.74, 6) is -0.929. The number of ether oxygens (including phenoxy) is 1. The van der Waals surface area contributed by atoms with Crippen molar-refractivity contribution in [2.75, 3.05) is 29.5 Å². The molecule has 2 aromatic carbocycles. The predicted octanol–water partition coefficient (Wildman–Crippen LogP) is 1.85. The van der Waals surface area contributed by atoms with Crippen molar-refractivity contribution in [3.05, 3.63) is 53.1 Å². The molecule has 3 N–H and O–H groups in total. The summed E-state index contributed by atoms with van der Waals surface area (Å²) in [5.41, 5.74) is 5.98. The average Bonchev–Trinajstić information content (AvgIpc) is 2.59. The zero-order valence-corrected chi connectivity index (χ0v) is 16.2. The number of nitrogens with one attached hydrogen (secondary N) is 1. The van der Waals surface area contributed by atoms with Crippen LogP contribution in [0.2, 0.25) is 5.02 Å². The first-order valence-corrected chi connectivity index (χ1v) is 9.85. The van der Waals surface area contributed by atoms with Crippen LogP contribution >= 0.6 is 11.6 Å². The summed E-state index contributed by atoms with van der Waals surface area (Å²) in [6, 6.07) is 10.3. The van der Waals surface area contributed by atoms with Gasteiger partial charge in [-0.15, -0.1) is 0 Å². The number of halogens is 1. The second-order valence-electron chi connectivity index (χ2n) is 5.58. The fourth-order valence-electron chi connectivity index (χ4n) is 2.29. The highest BCUT2D eigenvalue weighted by molar-refractivity contribution is 7.92. The fraction of sp³-hybridized carbons (Fsp3) is 0.176. The molecular weight excluding hydrogens is 394 g/mol. The second-order valence-corrected chi connectivity index (χ2v) is 7.92. The summed E-state index contributed by atoms with van der Waals surface area (Å²) in [7, 11) is -2.42. The molecule has 0 fully saturated rings. The van der Waals surface area contributed by atoms with E-state index in [9.17, 15) is 18.0 Å². The third-order valence-corrected chi connectivity index (χ3v) is 4.91. The number of hydrogen-bond donors (Lipinski definition) is 2. The number of amides is 2. The van der Waals surface area contributed by atoms with E-state index in [1.807, 2.05) is 0 Å². The number of sulfonamides is 1. The van der Waals surface area contributed by atoms with E-state index in [0.29, 0.717) is 10.7 Å². The largest absolute Gasteiger partial charge is 0.495 e. The molecule has 0 saturated heterocycles. The van der Waals surface area contributed by atoms with Gasteiger partial charge in [-0.05, 0) is 42.5 Å². The molecule has 2 amide bonds. The van der Waals surface area contributed by atoms with Crippen LogP contribution in [0.15, 0.2) is 42.5 Å². The quantitative estimate of drug-likeness (QED) is 0.720. The van der Waals surface area contributed by atoms with E-state index in [-0.39, 0.29) is 17.0 Å². The molecule has 10 heteroatoms. The van der Waals surface area contributed by atoms with Gasteiger partial charge in [0.15, 0.2) is 0 Å². The molecule has 8 nitrogen and oxygen atoms in total. The molecule has 2 aromatic rings. The summed E-state index contributed by atoms with van der Waals surface area (Å²) >= 11 is 5.96. The smallest absolute Gasteiger partial charge is 0.248 e. The summed E-state index contributed by atoms with van der Waals surface area (Å²) in [6.45, 7) is -0.493. The third-order valence-electron chi connectivity index (χ3n) is 3.55. The van der Waals surface area contributed by atoms with Crippen LogP contribution in [0, 0.1) is 0 Å². The van der Waals surface area contributed by atoms with Crippen LogP contribution < -0.4 is 20.1 Å². The minimum Gasteiger partial charge on any atom is -0.495 e. The Hall–Kier alpha value is -2.78. The zero-order chi connectivity index (χ0) is 20.2. The number of carbonyl (C=O) groups excluding carboxylic acids is 2. The van der Waals surface area contributed by atoms with Crippen molar-refractivity contribution in [3.63, 3.8) is 0 Å². The van der Waals surface area contributed by atoms with Crippen molar-refractivity contribution in [2.45, 2.75) is 0 Å². The van der Waals surface area contributed by atoms with Crippen molar-refractivity contribution < 1.29 is 22.7 Å². The molecular formula is C17H18ClN3O5S. The predicted molar refractivity (Wildman–Crippen MR) is 104 cm³/mol. The average molecular weight is 412 g/mol. The number of nitrogens with two attached hydrogens (primary N) is 1. The van der Waals surface area contributed by atoms with Crippen LogP contribution in [0.4, 0.5) is 11.4 Å². The van der Waals surface area contributed by atoms with Crippen LogP contribution in [0.3, 0.4) is 0 Å². The Kier molecular flexibility index (Phi) is 6.29. The topological polar surface area (TPSA) is 119 Å². The fourth-order valence-corrected chi connectivity index (χ4v) is 3.31. The van der Waals surface area contributed by atoms with Gasteiger partial charge in [-0.3, -0.25) is 13.9 Å². The van der Waals surface area contributed by atoms with Gasteiger partial charge in [0.1, 0.15) is 12.3 Å². The molecule has 0 saturated carbocycles. The Morgan fingerprint density at radius 1 is 1.19 bits per heavy atom. The SMILES string of the molecule is COc1ccc(Cl)cc1N(CC(=O)Nc1ccc(C(N)=O)cc1)S(C)(=O)=O. The van der Waals surface area contributed by atoms with Crippen LogP contribution in [-0.2, 0) is 14.8 Å². The highest BCUT2D eigenvalue weighted by Crippen LogP contribution is 2.32. The van der Waals surface area contributed by atoms with Gasteiger partial charge in [-0.1, -0.05) is 11.6 Å². The minimum atomic E-state index is -3.80. The van der Waals surface area contributed by atoms with E-state index in [2.05, 4.69) is 5.32 Å². The molecule has 2 rings (SSSR count). The lowest BCUT2D eigenvalue weighted by Crippen LogP contribution is -2.37. The Morgan fingerprint density at radius 3 is 2.33 bits per heavy atom. The molecule has 0 heterocycles. The van der Waals surface area contributed by atoms with Crippen molar-refractivity contribution in [1.82, 2.24) is 0 Å². The first-order chi connectivity index (χ1) is 12.6. The molecule has 0 aliphatic carbocycles. The number of methoxy groups -OCH3 is 1. The van der Waals surface area contributed by atoms with E-state index in [1.165, 1.54) is 43.5 Å².